The predicted octanol–water partition coefficient (Wildman–Crippen LogP) is 4.71. The van der Waals surface area contributed by atoms with Gasteiger partial charge in [-0.25, -0.2) is 19.2 Å². The molecule has 8 rings (SSSR count). The van der Waals surface area contributed by atoms with E-state index in [9.17, 15) is 19.2 Å². The zero-order chi connectivity index (χ0) is 44.0. The summed E-state index contributed by atoms with van der Waals surface area (Å²) in [6.45, 7) is 16.0. The van der Waals surface area contributed by atoms with E-state index in [1.807, 2.05) is 19.9 Å². The third-order valence-electron chi connectivity index (χ3n) is 10.3. The van der Waals surface area contributed by atoms with E-state index < -0.39 is 17.5 Å². The molecule has 0 saturated carbocycles. The Morgan fingerprint density at radius 1 is 0.645 bits per heavy atom. The normalized spacial score (nSPS) is 14.9. The zero-order valence-corrected chi connectivity index (χ0v) is 35.2. The number of nitrogens with zero attached hydrogens (tertiary/aromatic N) is 12. The molecule has 0 spiro atoms. The predicted molar refractivity (Wildman–Crippen MR) is 221 cm³/mol. The third kappa shape index (κ3) is 10.6. The minimum atomic E-state index is -1.15. The van der Waals surface area contributed by atoms with Gasteiger partial charge in [-0.3, -0.25) is 9.80 Å². The van der Waals surface area contributed by atoms with E-state index in [4.69, 9.17) is 18.7 Å². The molecule has 2 saturated heterocycles. The van der Waals surface area contributed by atoms with Gasteiger partial charge in [0.2, 0.25) is 24.6 Å². The molecule has 1 N–H and O–H groups in total. The first kappa shape index (κ1) is 43.0. The van der Waals surface area contributed by atoms with Crippen molar-refractivity contribution >= 4 is 24.0 Å². The van der Waals surface area contributed by atoms with Crippen LogP contribution in [0.2, 0.25) is 0 Å². The Hall–Kier alpha value is -7.06. The van der Waals surface area contributed by atoms with Gasteiger partial charge in [0.25, 0.3) is 0 Å². The topological polar surface area (TPSA) is 224 Å². The fourth-order valence-electron chi connectivity index (χ4n) is 6.99. The number of carboxylic acids is 1. The number of piperazine rings is 2. The monoisotopic (exact) mass is 848 g/mol. The number of carbonyl (C=O) groups excluding carboxylic acids is 3. The lowest BCUT2D eigenvalue weighted by molar-refractivity contribution is 0.00620. The van der Waals surface area contributed by atoms with Gasteiger partial charge in [0.1, 0.15) is 5.60 Å². The van der Waals surface area contributed by atoms with E-state index in [2.05, 4.69) is 70.7 Å². The molecule has 2 fully saturated rings. The van der Waals surface area contributed by atoms with Crippen LogP contribution in [0, 0.1) is 13.8 Å². The number of aromatic nitrogens is 8. The molecule has 6 heterocycles. The second-order valence-corrected chi connectivity index (χ2v) is 16.0. The molecule has 2 aliphatic rings. The highest BCUT2D eigenvalue weighted by Gasteiger charge is 2.27. The molecule has 2 amide bonds. The second-order valence-electron chi connectivity index (χ2n) is 16.0. The van der Waals surface area contributed by atoms with Crippen molar-refractivity contribution in [2.75, 3.05) is 52.4 Å². The highest BCUT2D eigenvalue weighted by atomic mass is 16.6. The lowest BCUT2D eigenvalue weighted by atomic mass is 10.0. The lowest BCUT2D eigenvalue weighted by Gasteiger charge is -2.34. The Morgan fingerprint density at radius 3 is 1.47 bits per heavy atom. The van der Waals surface area contributed by atoms with E-state index in [1.165, 1.54) is 42.0 Å². The highest BCUT2D eigenvalue weighted by Crippen LogP contribution is 2.25. The van der Waals surface area contributed by atoms with Crippen molar-refractivity contribution in [3.05, 3.63) is 107 Å². The maximum Gasteiger partial charge on any atom is 0.359 e. The van der Waals surface area contributed by atoms with Crippen LogP contribution in [0.4, 0.5) is 9.59 Å². The summed E-state index contributed by atoms with van der Waals surface area (Å²) in [5.41, 5.74) is 5.60. The van der Waals surface area contributed by atoms with Crippen molar-refractivity contribution in [3.63, 3.8) is 0 Å². The number of esters is 1. The Bertz CT molecular complexity index is 2490. The van der Waals surface area contributed by atoms with Crippen LogP contribution in [0.3, 0.4) is 0 Å². The maximum absolute atomic E-state index is 12.8. The molecule has 0 aliphatic carbocycles. The summed E-state index contributed by atoms with van der Waals surface area (Å²) in [6, 6.07) is 14.6. The first-order chi connectivity index (χ1) is 29.7. The van der Waals surface area contributed by atoms with Gasteiger partial charge in [0.15, 0.2) is 11.4 Å². The average molecular weight is 849 g/mol. The van der Waals surface area contributed by atoms with Crippen LogP contribution in [0.1, 0.15) is 64.0 Å². The fraction of sp³-hybridized carbons (Fsp3) is 0.381. The van der Waals surface area contributed by atoms with Gasteiger partial charge in [-0.15, -0.1) is 20.4 Å². The van der Waals surface area contributed by atoms with E-state index in [1.54, 1.807) is 30.6 Å². The summed E-state index contributed by atoms with van der Waals surface area (Å²) >= 11 is 0. The van der Waals surface area contributed by atoms with E-state index >= 15 is 0 Å². The number of hydrogen-bond donors (Lipinski definition) is 1. The standard InChI is InChI=1S/C23H28N6O4.C19H20N6O4/c1-16-5-6-17(13-18(16)20-25-24-15-32-20)14-27-9-11-28(12-10-27)22(31)29-8-7-19(26-29)21(30)33-23(2,3)4;1-13-2-3-14(10-15(13)17-21-20-12-29-17)11-23-6-8-24(9-7-23)19(28)25-5-4-16(22-25)18(26)27/h5-8,13,15H,9-12,14H2,1-4H3;2-5,10,12H,6-9,11H2,1H3,(H,26,27). The number of carboxylic acid groups (broad SMARTS) is 1. The van der Waals surface area contributed by atoms with Crippen LogP contribution in [-0.4, -0.2) is 147 Å². The number of aryl methyl sites for hydroxylation is 2. The molecule has 20 nitrogen and oxygen atoms in total. The first-order valence-corrected chi connectivity index (χ1v) is 20.0. The van der Waals surface area contributed by atoms with Gasteiger partial charge in [-0.05, 0) is 81.1 Å². The van der Waals surface area contributed by atoms with E-state index in [0.29, 0.717) is 51.0 Å². The van der Waals surface area contributed by atoms with E-state index in [0.717, 1.165) is 64.2 Å². The van der Waals surface area contributed by atoms with Crippen molar-refractivity contribution < 1.29 is 37.9 Å². The Labute approximate surface area is 356 Å². The number of carbonyl (C=O) groups is 4. The summed E-state index contributed by atoms with van der Waals surface area (Å²) < 4.78 is 18.3. The molecule has 6 aromatic rings. The summed E-state index contributed by atoms with van der Waals surface area (Å²) in [5, 5.41) is 32.4. The minimum absolute atomic E-state index is 0.119. The van der Waals surface area contributed by atoms with Crippen molar-refractivity contribution in [3.8, 4) is 22.9 Å². The number of rotatable bonds is 8. The van der Waals surface area contributed by atoms with Crippen LogP contribution < -0.4 is 0 Å². The molecule has 0 radical (unpaired) electrons. The van der Waals surface area contributed by atoms with Crippen molar-refractivity contribution in [2.45, 2.75) is 53.3 Å². The van der Waals surface area contributed by atoms with Crippen molar-refractivity contribution in [1.82, 2.24) is 59.6 Å². The first-order valence-electron chi connectivity index (χ1n) is 20.0. The Balaban J connectivity index is 0.000000188. The summed E-state index contributed by atoms with van der Waals surface area (Å²) in [4.78, 5) is 56.4. The number of benzene rings is 2. The molecule has 0 bridgehead atoms. The average Bonchev–Trinajstić information content (AvgIpc) is 4.11. The van der Waals surface area contributed by atoms with Crippen LogP contribution in [0.15, 0.2) is 82.5 Å². The molecular formula is C42H48N12O8. The molecular weight excluding hydrogens is 801 g/mol. The van der Waals surface area contributed by atoms with Crippen LogP contribution in [0.25, 0.3) is 22.9 Å². The Kier molecular flexibility index (Phi) is 13.0. The van der Waals surface area contributed by atoms with Crippen molar-refractivity contribution in [1.29, 1.82) is 0 Å². The summed E-state index contributed by atoms with van der Waals surface area (Å²) in [5.74, 6) is -0.689. The molecule has 4 aromatic heterocycles. The molecule has 2 aliphatic heterocycles. The van der Waals surface area contributed by atoms with Gasteiger partial charge >= 0.3 is 24.0 Å². The highest BCUT2D eigenvalue weighted by molar-refractivity contribution is 5.88. The van der Waals surface area contributed by atoms with E-state index in [-0.39, 0.29) is 23.5 Å². The smallest absolute Gasteiger partial charge is 0.359 e. The molecule has 62 heavy (non-hydrogen) atoms. The van der Waals surface area contributed by atoms with Crippen LogP contribution >= 0.6 is 0 Å². The molecule has 20 heteroatoms. The Morgan fingerprint density at radius 2 is 1.08 bits per heavy atom. The molecule has 324 valence electrons. The third-order valence-corrected chi connectivity index (χ3v) is 10.3. The van der Waals surface area contributed by atoms with Crippen LogP contribution in [0.5, 0.6) is 0 Å². The molecule has 2 aromatic carbocycles. The van der Waals surface area contributed by atoms with Gasteiger partial charge in [0.05, 0.1) is 0 Å². The van der Waals surface area contributed by atoms with Crippen LogP contribution in [-0.2, 0) is 17.8 Å². The number of ether oxygens (including phenoxy) is 1. The second kappa shape index (κ2) is 18.7. The van der Waals surface area contributed by atoms with Gasteiger partial charge in [0, 0.05) is 89.0 Å². The maximum atomic E-state index is 12.8. The summed E-state index contributed by atoms with van der Waals surface area (Å²) in [7, 11) is 0. The summed E-state index contributed by atoms with van der Waals surface area (Å²) in [6.07, 6.45) is 5.52. The van der Waals surface area contributed by atoms with Crippen molar-refractivity contribution in [2.24, 2.45) is 0 Å². The minimum Gasteiger partial charge on any atom is -0.476 e. The largest absolute Gasteiger partial charge is 0.476 e. The van der Waals surface area contributed by atoms with Gasteiger partial charge in [-0.1, -0.05) is 24.3 Å². The lowest BCUT2D eigenvalue weighted by Crippen LogP contribution is -2.49. The quantitative estimate of drug-likeness (QED) is 0.205. The fourth-order valence-corrected chi connectivity index (χ4v) is 6.99. The molecule has 0 unspecified atom stereocenters. The number of amides is 2. The van der Waals surface area contributed by atoms with Gasteiger partial charge in [-0.2, -0.15) is 19.6 Å². The molecule has 0 atom stereocenters. The number of hydrogen-bond acceptors (Lipinski definition) is 15. The zero-order valence-electron chi connectivity index (χ0n) is 35.2. The number of aromatic carboxylic acids is 1. The van der Waals surface area contributed by atoms with Gasteiger partial charge < -0.3 is 28.5 Å². The SMILES string of the molecule is Cc1ccc(CN2CCN(C(=O)n3ccc(C(=O)O)n3)CC2)cc1-c1nnco1.Cc1ccc(CN2CCN(C(=O)n3ccc(C(=O)OC(C)(C)C)n3)CC2)cc1-c1nnco1.